The molecule has 1 fully saturated rings. The summed E-state index contributed by atoms with van der Waals surface area (Å²) in [6.45, 7) is 10.4. The van der Waals surface area contributed by atoms with Gasteiger partial charge in [0.15, 0.2) is 11.5 Å². The number of carbonyl (C=O) groups is 1. The van der Waals surface area contributed by atoms with E-state index in [1.165, 1.54) is 10.6 Å². The summed E-state index contributed by atoms with van der Waals surface area (Å²) in [6, 6.07) is 0.0841. The monoisotopic (exact) mass is 451 g/mol. The molecule has 2 aromatic rings. The van der Waals surface area contributed by atoms with Crippen LogP contribution in [-0.2, 0) is 18.4 Å². The average Bonchev–Trinajstić information content (AvgIpc) is 3.06. The Labute approximate surface area is 192 Å². The Balaban J connectivity index is 2.11. The van der Waals surface area contributed by atoms with Crippen LogP contribution in [0.25, 0.3) is 11.2 Å². The lowest BCUT2D eigenvalue weighted by molar-refractivity contribution is -0.114. The van der Waals surface area contributed by atoms with Crippen LogP contribution >= 0.6 is 0 Å². The third-order valence-electron chi connectivity index (χ3n) is 5.31. The van der Waals surface area contributed by atoms with Crippen LogP contribution in [0.5, 0.6) is 6.01 Å². The molecule has 0 aliphatic carbocycles. The van der Waals surface area contributed by atoms with Gasteiger partial charge in [-0.05, 0) is 19.9 Å². The van der Waals surface area contributed by atoms with E-state index in [1.54, 1.807) is 37.6 Å². The van der Waals surface area contributed by atoms with Crippen LogP contribution in [0.3, 0.4) is 0 Å². The molecular weight excluding hydrogens is 422 g/mol. The Hall–Kier alpha value is -3.84. The van der Waals surface area contributed by atoms with E-state index in [4.69, 9.17) is 10.5 Å². The Morgan fingerprint density at radius 3 is 2.67 bits per heavy atom. The van der Waals surface area contributed by atoms with Crippen molar-refractivity contribution < 1.29 is 9.53 Å². The van der Waals surface area contributed by atoms with Gasteiger partial charge in [0, 0.05) is 45.2 Å². The highest BCUT2D eigenvalue weighted by Gasteiger charge is 2.24. The van der Waals surface area contributed by atoms with E-state index in [2.05, 4.69) is 38.6 Å². The first-order valence-electron chi connectivity index (χ1n) is 10.7. The Kier molecular flexibility index (Phi) is 7.69. The molecule has 0 saturated carbocycles. The highest BCUT2D eigenvalue weighted by molar-refractivity contribution is 5.92. The number of aryl methyl sites for hydroxylation is 1. The number of hydrogen-bond donors (Lipinski definition) is 2. The topological polar surface area (TPSA) is 120 Å². The van der Waals surface area contributed by atoms with Gasteiger partial charge in [-0.3, -0.25) is 13.9 Å². The van der Waals surface area contributed by atoms with E-state index in [9.17, 15) is 9.59 Å². The van der Waals surface area contributed by atoms with Gasteiger partial charge in [-0.15, -0.1) is 5.92 Å². The highest BCUT2D eigenvalue weighted by Crippen LogP contribution is 2.27. The maximum absolute atomic E-state index is 13.0. The maximum atomic E-state index is 13.0. The molecule has 0 unspecified atom stereocenters. The van der Waals surface area contributed by atoms with Crippen LogP contribution in [0, 0.1) is 11.8 Å². The number of nitrogens with zero attached hydrogens (tertiary/aromatic N) is 5. The van der Waals surface area contributed by atoms with Crippen molar-refractivity contribution in [2.24, 2.45) is 12.8 Å². The summed E-state index contributed by atoms with van der Waals surface area (Å²) in [6.07, 6.45) is 4.92. The van der Waals surface area contributed by atoms with Crippen molar-refractivity contribution in [3.8, 4) is 17.9 Å². The van der Waals surface area contributed by atoms with Gasteiger partial charge in [0.1, 0.15) is 11.3 Å². The fraction of sp³-hybridized carbons (Fsp3) is 0.391. The summed E-state index contributed by atoms with van der Waals surface area (Å²) in [7, 11) is 1.66. The third kappa shape index (κ3) is 5.15. The summed E-state index contributed by atoms with van der Waals surface area (Å²) in [5.74, 6) is 6.29. The largest absolute Gasteiger partial charge is 0.429 e. The molecular formula is C23H29N7O3. The predicted octanol–water partition coefficient (Wildman–Crippen LogP) is 0.833. The molecule has 0 atom stereocenters. The van der Waals surface area contributed by atoms with Crippen LogP contribution in [0.15, 0.2) is 40.9 Å². The molecule has 10 heteroatoms. The van der Waals surface area contributed by atoms with Crippen molar-refractivity contribution in [2.45, 2.75) is 26.8 Å². The molecule has 10 nitrogen and oxygen atoms in total. The smallest absolute Gasteiger partial charge is 0.331 e. The number of aromatic nitrogens is 4. The van der Waals surface area contributed by atoms with Gasteiger partial charge >= 0.3 is 11.7 Å². The minimum atomic E-state index is -0.563. The minimum Gasteiger partial charge on any atom is -0.429 e. The summed E-state index contributed by atoms with van der Waals surface area (Å²) in [5, 5.41) is 3.32. The number of primary amides is 1. The number of rotatable bonds is 8. The number of amides is 1. The van der Waals surface area contributed by atoms with Gasteiger partial charge in [0.05, 0.1) is 6.54 Å². The fourth-order valence-electron chi connectivity index (χ4n) is 3.57. The van der Waals surface area contributed by atoms with E-state index in [-0.39, 0.29) is 24.7 Å². The van der Waals surface area contributed by atoms with Crippen molar-refractivity contribution in [1.82, 2.24) is 24.4 Å². The summed E-state index contributed by atoms with van der Waals surface area (Å²) in [5.41, 5.74) is 6.64. The fourth-order valence-corrected chi connectivity index (χ4v) is 3.57. The highest BCUT2D eigenvalue weighted by atomic mass is 16.5. The van der Waals surface area contributed by atoms with Crippen molar-refractivity contribution in [3.05, 3.63) is 46.6 Å². The van der Waals surface area contributed by atoms with Crippen molar-refractivity contribution in [1.29, 1.82) is 0 Å². The molecule has 1 saturated heterocycles. The van der Waals surface area contributed by atoms with Gasteiger partial charge in [-0.1, -0.05) is 24.7 Å². The average molecular weight is 452 g/mol. The van der Waals surface area contributed by atoms with E-state index in [0.29, 0.717) is 28.3 Å². The lowest BCUT2D eigenvalue weighted by Crippen LogP contribution is -2.44. The number of allylic oxidation sites excluding steroid dienone is 4. The van der Waals surface area contributed by atoms with Crippen LogP contribution in [-0.4, -0.2) is 51.2 Å². The molecule has 174 valence electrons. The van der Waals surface area contributed by atoms with E-state index < -0.39 is 5.91 Å². The molecule has 3 rings (SSSR count). The molecule has 0 bridgehead atoms. The standard InChI is InChI=1S/C23H29N7O3/c1-5-8-12-30-18-20(28(4)23(30)32)26-22(27-21(18)29-13-10-25-11-14-29)33-17(7-3)15-16(9-6-2)19(24)31/h6-7,9,25H,2,10-15H2,1,3-4H3,(H2,24,31)/b16-9+,17-7+. The number of hydrogen-bond acceptors (Lipinski definition) is 7. The summed E-state index contributed by atoms with van der Waals surface area (Å²) >= 11 is 0. The number of nitrogens with two attached hydrogens (primary N) is 1. The lowest BCUT2D eigenvalue weighted by atomic mass is 10.1. The van der Waals surface area contributed by atoms with E-state index >= 15 is 0 Å². The number of carbonyl (C=O) groups excluding carboxylic acids is 1. The van der Waals surface area contributed by atoms with Gasteiger partial charge in [-0.25, -0.2) is 4.79 Å². The number of nitrogens with one attached hydrogen (secondary N) is 1. The molecule has 1 aliphatic heterocycles. The number of fused-ring (bicyclic) bond motifs is 1. The first-order chi connectivity index (χ1) is 15.9. The van der Waals surface area contributed by atoms with Crippen molar-refractivity contribution >= 4 is 22.9 Å². The summed E-state index contributed by atoms with van der Waals surface area (Å²) in [4.78, 5) is 36.0. The zero-order valence-corrected chi connectivity index (χ0v) is 19.2. The molecule has 3 N–H and O–H groups in total. The SMILES string of the molecule is C=C/C=C(\C/C(=C\C)Oc1nc(N2CCNCC2)c2c(n1)n(C)c(=O)n2CC#CC)C(N)=O. The third-order valence-corrected chi connectivity index (χ3v) is 5.31. The second kappa shape index (κ2) is 10.7. The second-order valence-electron chi connectivity index (χ2n) is 7.42. The Morgan fingerprint density at radius 2 is 2.06 bits per heavy atom. The van der Waals surface area contributed by atoms with Crippen LogP contribution in [0.2, 0.25) is 0 Å². The van der Waals surface area contributed by atoms with Crippen molar-refractivity contribution in [3.63, 3.8) is 0 Å². The van der Waals surface area contributed by atoms with E-state index in [1.807, 2.05) is 0 Å². The molecule has 1 aliphatic rings. The number of piperazine rings is 1. The molecule has 2 aromatic heterocycles. The molecule has 33 heavy (non-hydrogen) atoms. The van der Waals surface area contributed by atoms with E-state index in [0.717, 1.165) is 26.2 Å². The van der Waals surface area contributed by atoms with Crippen LogP contribution in [0.4, 0.5) is 5.82 Å². The lowest BCUT2D eigenvalue weighted by Gasteiger charge is -2.29. The quantitative estimate of drug-likeness (QED) is 0.264. The molecule has 1 amide bonds. The first kappa shape index (κ1) is 23.8. The normalized spacial score (nSPS) is 14.7. The molecule has 0 spiro atoms. The molecule has 0 aromatic carbocycles. The minimum absolute atomic E-state index is 0.0841. The van der Waals surface area contributed by atoms with Gasteiger partial charge in [0.2, 0.25) is 5.91 Å². The van der Waals surface area contributed by atoms with Crippen molar-refractivity contribution in [2.75, 3.05) is 31.1 Å². The van der Waals surface area contributed by atoms with Crippen LogP contribution < -0.4 is 26.4 Å². The first-order valence-corrected chi connectivity index (χ1v) is 10.7. The number of anilines is 1. The number of ether oxygens (including phenoxy) is 1. The summed E-state index contributed by atoms with van der Waals surface area (Å²) < 4.78 is 9.03. The zero-order chi connectivity index (χ0) is 24.0. The zero-order valence-electron chi connectivity index (χ0n) is 19.2. The molecule has 3 heterocycles. The Bertz CT molecular complexity index is 1230. The second-order valence-corrected chi connectivity index (χ2v) is 7.42. The van der Waals surface area contributed by atoms with Crippen LogP contribution in [0.1, 0.15) is 20.3 Å². The van der Waals surface area contributed by atoms with Gasteiger partial charge in [0.25, 0.3) is 0 Å². The van der Waals surface area contributed by atoms with Gasteiger partial charge < -0.3 is 20.7 Å². The number of imidazole rings is 1. The predicted molar refractivity (Wildman–Crippen MR) is 128 cm³/mol. The Morgan fingerprint density at radius 1 is 1.33 bits per heavy atom. The van der Waals surface area contributed by atoms with Gasteiger partial charge in [-0.2, -0.15) is 9.97 Å². The molecule has 0 radical (unpaired) electrons. The maximum Gasteiger partial charge on any atom is 0.331 e.